The first-order valence-electron chi connectivity index (χ1n) is 7.82. The van der Waals surface area contributed by atoms with Crippen molar-refractivity contribution in [3.8, 4) is 11.3 Å². The molecule has 2 heterocycles. The largest absolute Gasteiger partial charge is 0.357 e. The lowest BCUT2D eigenvalue weighted by atomic mass is 9.99. The summed E-state index contributed by atoms with van der Waals surface area (Å²) in [5.41, 5.74) is 2.36. The van der Waals surface area contributed by atoms with Gasteiger partial charge >= 0.3 is 0 Å². The van der Waals surface area contributed by atoms with E-state index < -0.39 is 0 Å². The molecule has 6 heteroatoms. The average molecular weight is 312 g/mol. The second-order valence-corrected chi connectivity index (χ2v) is 5.67. The summed E-state index contributed by atoms with van der Waals surface area (Å²) in [7, 11) is 1.61. The highest BCUT2D eigenvalue weighted by Gasteiger charge is 2.32. The van der Waals surface area contributed by atoms with E-state index in [1.807, 2.05) is 18.2 Å². The molecule has 0 spiro atoms. The maximum Gasteiger partial charge on any atom is 0.254 e. The Morgan fingerprint density at radius 2 is 2.22 bits per heavy atom. The molecule has 1 atom stereocenters. The maximum atomic E-state index is 12.9. The lowest BCUT2D eigenvalue weighted by Crippen LogP contribution is -2.51. The first-order chi connectivity index (χ1) is 11.2. The molecule has 1 aliphatic heterocycles. The van der Waals surface area contributed by atoms with Gasteiger partial charge in [0.2, 0.25) is 5.91 Å². The van der Waals surface area contributed by atoms with Gasteiger partial charge in [-0.2, -0.15) is 0 Å². The fourth-order valence-electron chi connectivity index (χ4n) is 3.01. The number of hydrogen-bond acceptors (Lipinski definition) is 3. The fraction of sp³-hybridized carbons (Fsp3) is 0.353. The Morgan fingerprint density at radius 1 is 1.35 bits per heavy atom. The quantitative estimate of drug-likeness (QED) is 0.907. The van der Waals surface area contributed by atoms with Crippen molar-refractivity contribution >= 4 is 11.8 Å². The number of hydrogen-bond donors (Lipinski definition) is 2. The molecule has 2 amide bonds. The first-order valence-corrected chi connectivity index (χ1v) is 7.82. The third kappa shape index (κ3) is 3.11. The van der Waals surface area contributed by atoms with E-state index >= 15 is 0 Å². The van der Waals surface area contributed by atoms with Gasteiger partial charge in [0, 0.05) is 24.7 Å². The predicted molar refractivity (Wildman–Crippen MR) is 86.8 cm³/mol. The van der Waals surface area contributed by atoms with E-state index in [-0.39, 0.29) is 17.9 Å². The van der Waals surface area contributed by atoms with Crippen molar-refractivity contribution in [1.82, 2.24) is 20.2 Å². The van der Waals surface area contributed by atoms with Crippen molar-refractivity contribution in [2.24, 2.45) is 0 Å². The minimum Gasteiger partial charge on any atom is -0.357 e. The van der Waals surface area contributed by atoms with E-state index in [0.717, 1.165) is 24.1 Å². The number of H-pyrrole nitrogens is 1. The van der Waals surface area contributed by atoms with Crippen molar-refractivity contribution in [2.75, 3.05) is 13.6 Å². The number of nitrogens with zero attached hydrogens (tertiary/aromatic N) is 2. The van der Waals surface area contributed by atoms with Crippen LogP contribution in [0.2, 0.25) is 0 Å². The Labute approximate surface area is 134 Å². The van der Waals surface area contributed by atoms with E-state index in [0.29, 0.717) is 18.5 Å². The molecule has 1 aromatic heterocycles. The molecule has 2 aromatic rings. The number of carbonyl (C=O) groups excluding carboxylic acids is 2. The summed E-state index contributed by atoms with van der Waals surface area (Å²) in [5, 5.41) is 2.66. The van der Waals surface area contributed by atoms with Crippen molar-refractivity contribution in [1.29, 1.82) is 0 Å². The number of piperidine rings is 1. The number of rotatable bonds is 3. The van der Waals surface area contributed by atoms with Crippen LogP contribution in [0.5, 0.6) is 0 Å². The van der Waals surface area contributed by atoms with Gasteiger partial charge in [-0.05, 0) is 31.4 Å². The van der Waals surface area contributed by atoms with Crippen molar-refractivity contribution < 1.29 is 9.59 Å². The number of likely N-dealkylation sites (N-methyl/N-ethyl adjacent to an activating group) is 1. The summed E-state index contributed by atoms with van der Waals surface area (Å²) < 4.78 is 0. The molecule has 2 N–H and O–H groups in total. The van der Waals surface area contributed by atoms with Crippen LogP contribution in [0.1, 0.15) is 29.6 Å². The molecule has 1 saturated heterocycles. The van der Waals surface area contributed by atoms with Gasteiger partial charge in [0.15, 0.2) is 0 Å². The molecule has 0 aliphatic carbocycles. The predicted octanol–water partition coefficient (Wildman–Crippen LogP) is 1.82. The molecule has 1 unspecified atom stereocenters. The molecular formula is C17H20N4O2. The molecule has 120 valence electrons. The van der Waals surface area contributed by atoms with E-state index in [1.54, 1.807) is 30.5 Å². The van der Waals surface area contributed by atoms with Gasteiger partial charge < -0.3 is 15.2 Å². The Hall–Kier alpha value is -2.63. The Bertz CT molecular complexity index is 696. The number of nitrogens with one attached hydrogen (secondary N) is 2. The number of aromatic nitrogens is 2. The zero-order valence-electron chi connectivity index (χ0n) is 13.1. The molecule has 1 aliphatic rings. The lowest BCUT2D eigenvalue weighted by Gasteiger charge is -2.34. The topological polar surface area (TPSA) is 78.1 Å². The molecule has 0 bridgehead atoms. The second-order valence-electron chi connectivity index (χ2n) is 5.67. The summed E-state index contributed by atoms with van der Waals surface area (Å²) >= 11 is 0. The maximum absolute atomic E-state index is 12.9. The van der Waals surface area contributed by atoms with Crippen LogP contribution in [0.15, 0.2) is 36.8 Å². The minimum atomic E-state index is -0.378. The molecule has 0 radical (unpaired) electrons. The second kappa shape index (κ2) is 6.64. The molecule has 1 fully saturated rings. The lowest BCUT2D eigenvalue weighted by molar-refractivity contribution is -0.126. The summed E-state index contributed by atoms with van der Waals surface area (Å²) in [6.07, 6.45) is 5.94. The Morgan fingerprint density at radius 3 is 2.96 bits per heavy atom. The van der Waals surface area contributed by atoms with Crippen LogP contribution in [0.4, 0.5) is 0 Å². The van der Waals surface area contributed by atoms with Gasteiger partial charge in [-0.15, -0.1) is 0 Å². The molecule has 6 nitrogen and oxygen atoms in total. The molecule has 23 heavy (non-hydrogen) atoms. The van der Waals surface area contributed by atoms with Crippen LogP contribution in [-0.4, -0.2) is 46.3 Å². The third-order valence-corrected chi connectivity index (χ3v) is 4.23. The average Bonchev–Trinajstić information content (AvgIpc) is 3.15. The summed E-state index contributed by atoms with van der Waals surface area (Å²) in [6, 6.07) is 7.03. The summed E-state index contributed by atoms with van der Waals surface area (Å²) in [5.74, 6) is -0.192. The monoisotopic (exact) mass is 312 g/mol. The molecule has 3 rings (SSSR count). The van der Waals surface area contributed by atoms with Crippen LogP contribution in [0.25, 0.3) is 11.3 Å². The minimum absolute atomic E-state index is 0.0947. The fourth-order valence-corrected chi connectivity index (χ4v) is 3.01. The SMILES string of the molecule is CNC(=O)C1CCCCN1C(=O)c1cccc(-c2cnc[nH]2)c1. The number of benzene rings is 1. The van der Waals surface area contributed by atoms with Gasteiger partial charge in [0.05, 0.1) is 18.2 Å². The molecule has 0 saturated carbocycles. The number of imidazole rings is 1. The zero-order valence-corrected chi connectivity index (χ0v) is 13.1. The standard InChI is InChI=1S/C17H20N4O2/c1-18-16(22)15-7-2-3-8-21(15)17(23)13-6-4-5-12(9-13)14-10-19-11-20-14/h4-6,9-11,15H,2-3,7-8H2,1H3,(H,18,22)(H,19,20). The normalized spacial score (nSPS) is 17.8. The highest BCUT2D eigenvalue weighted by Crippen LogP contribution is 2.22. The zero-order chi connectivity index (χ0) is 16.2. The van der Waals surface area contributed by atoms with Crippen LogP contribution >= 0.6 is 0 Å². The van der Waals surface area contributed by atoms with Gasteiger partial charge in [0.25, 0.3) is 5.91 Å². The van der Waals surface area contributed by atoms with E-state index in [1.165, 1.54) is 0 Å². The first kappa shape index (κ1) is 15.3. The molecular weight excluding hydrogens is 292 g/mol. The molecule has 1 aromatic carbocycles. The van der Waals surface area contributed by atoms with Crippen molar-refractivity contribution in [3.63, 3.8) is 0 Å². The number of aromatic amines is 1. The Balaban J connectivity index is 1.87. The number of amides is 2. The van der Waals surface area contributed by atoms with Crippen molar-refractivity contribution in [2.45, 2.75) is 25.3 Å². The highest BCUT2D eigenvalue weighted by molar-refractivity contribution is 5.98. The van der Waals surface area contributed by atoms with Gasteiger partial charge in [-0.3, -0.25) is 9.59 Å². The Kier molecular flexibility index (Phi) is 4.41. The summed E-state index contributed by atoms with van der Waals surface area (Å²) in [6.45, 7) is 0.616. The van der Waals surface area contributed by atoms with Gasteiger partial charge in [0.1, 0.15) is 6.04 Å². The number of carbonyl (C=O) groups is 2. The third-order valence-electron chi connectivity index (χ3n) is 4.23. The van der Waals surface area contributed by atoms with Crippen LogP contribution in [0, 0.1) is 0 Å². The van der Waals surface area contributed by atoms with Crippen molar-refractivity contribution in [3.05, 3.63) is 42.4 Å². The smallest absolute Gasteiger partial charge is 0.254 e. The van der Waals surface area contributed by atoms with Gasteiger partial charge in [-0.1, -0.05) is 12.1 Å². The van der Waals surface area contributed by atoms with Crippen LogP contribution in [-0.2, 0) is 4.79 Å². The van der Waals surface area contributed by atoms with E-state index in [4.69, 9.17) is 0 Å². The van der Waals surface area contributed by atoms with Gasteiger partial charge in [-0.25, -0.2) is 4.98 Å². The summed E-state index contributed by atoms with van der Waals surface area (Å²) in [4.78, 5) is 33.7. The number of likely N-dealkylation sites (tertiary alicyclic amines) is 1. The highest BCUT2D eigenvalue weighted by atomic mass is 16.2. The van der Waals surface area contributed by atoms with Crippen LogP contribution in [0.3, 0.4) is 0 Å². The van der Waals surface area contributed by atoms with E-state index in [9.17, 15) is 9.59 Å². The van der Waals surface area contributed by atoms with E-state index in [2.05, 4.69) is 15.3 Å². The van der Waals surface area contributed by atoms with Crippen LogP contribution < -0.4 is 5.32 Å².